The average Bonchev–Trinajstić information content (AvgIpc) is 2.76. The zero-order valence-electron chi connectivity index (χ0n) is 17.3. The molecule has 4 rings (SSSR count). The van der Waals surface area contributed by atoms with Crippen molar-refractivity contribution in [3.8, 4) is 22.3 Å². The third kappa shape index (κ3) is 4.51. The molecule has 0 amide bonds. The van der Waals surface area contributed by atoms with Crippen LogP contribution in [0.5, 0.6) is 0 Å². The molecule has 0 bridgehead atoms. The summed E-state index contributed by atoms with van der Waals surface area (Å²) in [5, 5.41) is 0.747. The summed E-state index contributed by atoms with van der Waals surface area (Å²) in [4.78, 5) is 0. The number of hydrogen-bond acceptors (Lipinski definition) is 0. The van der Waals surface area contributed by atoms with Crippen LogP contribution in [0.25, 0.3) is 33.0 Å². The lowest BCUT2D eigenvalue weighted by molar-refractivity contribution is -0.142. The van der Waals surface area contributed by atoms with Gasteiger partial charge in [-0.05, 0) is 58.7 Å². The van der Waals surface area contributed by atoms with E-state index in [-0.39, 0.29) is 16.5 Å². The van der Waals surface area contributed by atoms with Gasteiger partial charge in [-0.2, -0.15) is 13.2 Å². The number of rotatable bonds is 5. The van der Waals surface area contributed by atoms with Gasteiger partial charge in [0, 0.05) is 10.9 Å². The molecule has 33 heavy (non-hydrogen) atoms. The molecule has 0 spiro atoms. The van der Waals surface area contributed by atoms with E-state index in [1.807, 2.05) is 30.3 Å². The molecule has 0 heterocycles. The number of benzene rings is 4. The molecule has 0 atom stereocenters. The van der Waals surface area contributed by atoms with Crippen molar-refractivity contribution in [1.82, 2.24) is 0 Å². The van der Waals surface area contributed by atoms with E-state index < -0.39 is 29.2 Å². The van der Waals surface area contributed by atoms with E-state index in [9.17, 15) is 22.0 Å². The molecule has 0 aliphatic rings. The first kappa shape index (κ1) is 22.6. The first-order valence-electron chi connectivity index (χ1n) is 10.2. The van der Waals surface area contributed by atoms with Crippen molar-refractivity contribution in [2.45, 2.75) is 19.0 Å². The molecule has 0 unspecified atom stereocenters. The standard InChI is InChI=1S/C27H18F6/c1-2-3-4-16-5-7-17(8-6-16)18-9-11-21-19(13-18)10-12-22(26(21)30)20-14-23(28)25(24(29)15-20)27(31,32)33/h2,5-15H,1,3-4H2. The van der Waals surface area contributed by atoms with Crippen molar-refractivity contribution >= 4 is 10.8 Å². The molecule has 0 nitrogen and oxygen atoms in total. The molecule has 0 aliphatic heterocycles. The number of hydrogen-bond donors (Lipinski definition) is 0. The summed E-state index contributed by atoms with van der Waals surface area (Å²) in [6, 6.07) is 16.9. The topological polar surface area (TPSA) is 0 Å². The van der Waals surface area contributed by atoms with Gasteiger partial charge in [-0.1, -0.05) is 54.6 Å². The highest BCUT2D eigenvalue weighted by Crippen LogP contribution is 2.37. The summed E-state index contributed by atoms with van der Waals surface area (Å²) in [5.74, 6) is -4.34. The quantitative estimate of drug-likeness (QED) is 0.208. The Morgan fingerprint density at radius 1 is 0.727 bits per heavy atom. The van der Waals surface area contributed by atoms with E-state index in [0.717, 1.165) is 24.0 Å². The molecule has 0 aliphatic carbocycles. The highest BCUT2D eigenvalue weighted by molar-refractivity contribution is 5.91. The van der Waals surface area contributed by atoms with Crippen LogP contribution < -0.4 is 0 Å². The number of fused-ring (bicyclic) bond motifs is 1. The van der Waals surface area contributed by atoms with E-state index in [0.29, 0.717) is 17.5 Å². The predicted octanol–water partition coefficient (Wildman–Crippen LogP) is 8.73. The molecule has 0 radical (unpaired) electrons. The van der Waals surface area contributed by atoms with Gasteiger partial charge in [0.05, 0.1) is 0 Å². The Hall–Kier alpha value is -3.54. The molecule has 168 valence electrons. The van der Waals surface area contributed by atoms with Gasteiger partial charge in [0.25, 0.3) is 0 Å². The van der Waals surface area contributed by atoms with Gasteiger partial charge >= 0.3 is 6.18 Å². The summed E-state index contributed by atoms with van der Waals surface area (Å²) in [7, 11) is 0. The normalized spacial score (nSPS) is 11.7. The summed E-state index contributed by atoms with van der Waals surface area (Å²) >= 11 is 0. The third-order valence-electron chi connectivity index (χ3n) is 5.52. The smallest absolute Gasteiger partial charge is 0.206 e. The summed E-state index contributed by atoms with van der Waals surface area (Å²) in [6.45, 7) is 3.71. The van der Waals surface area contributed by atoms with Crippen LogP contribution in [0.4, 0.5) is 26.3 Å². The fourth-order valence-corrected chi connectivity index (χ4v) is 3.83. The van der Waals surface area contributed by atoms with Crippen molar-refractivity contribution in [2.24, 2.45) is 0 Å². The van der Waals surface area contributed by atoms with E-state index in [4.69, 9.17) is 0 Å². The van der Waals surface area contributed by atoms with Crippen LogP contribution in [0, 0.1) is 17.5 Å². The molecule has 0 saturated heterocycles. The van der Waals surface area contributed by atoms with Crippen molar-refractivity contribution in [3.63, 3.8) is 0 Å². The van der Waals surface area contributed by atoms with Crippen molar-refractivity contribution in [3.05, 3.63) is 108 Å². The molecule has 0 N–H and O–H groups in total. The minimum Gasteiger partial charge on any atom is -0.206 e. The Morgan fingerprint density at radius 2 is 1.36 bits per heavy atom. The fourth-order valence-electron chi connectivity index (χ4n) is 3.83. The predicted molar refractivity (Wildman–Crippen MR) is 118 cm³/mol. The highest BCUT2D eigenvalue weighted by atomic mass is 19.4. The van der Waals surface area contributed by atoms with Gasteiger partial charge in [0.2, 0.25) is 0 Å². The van der Waals surface area contributed by atoms with Crippen LogP contribution in [-0.4, -0.2) is 0 Å². The minimum atomic E-state index is -5.19. The van der Waals surface area contributed by atoms with Crippen LogP contribution in [0.1, 0.15) is 17.5 Å². The molecule has 6 heteroatoms. The van der Waals surface area contributed by atoms with E-state index in [2.05, 4.69) is 6.58 Å². The molecular weight excluding hydrogens is 438 g/mol. The van der Waals surface area contributed by atoms with Crippen molar-refractivity contribution < 1.29 is 26.3 Å². The van der Waals surface area contributed by atoms with E-state index >= 15 is 4.39 Å². The monoisotopic (exact) mass is 456 g/mol. The van der Waals surface area contributed by atoms with Crippen molar-refractivity contribution in [1.29, 1.82) is 0 Å². The van der Waals surface area contributed by atoms with Crippen molar-refractivity contribution in [2.75, 3.05) is 0 Å². The van der Waals surface area contributed by atoms with Crippen LogP contribution in [0.2, 0.25) is 0 Å². The SMILES string of the molecule is C=CCCc1ccc(-c2ccc3c(F)c(-c4cc(F)c(C(F)(F)F)c(F)c4)ccc3c2)cc1. The lowest BCUT2D eigenvalue weighted by atomic mass is 9.95. The van der Waals surface area contributed by atoms with Gasteiger partial charge in [0.1, 0.15) is 23.0 Å². The number of aryl methyl sites for hydroxylation is 1. The van der Waals surface area contributed by atoms with Gasteiger partial charge in [-0.15, -0.1) is 6.58 Å². The zero-order chi connectivity index (χ0) is 23.8. The number of alkyl halides is 3. The number of allylic oxidation sites excluding steroid dienone is 1. The maximum Gasteiger partial charge on any atom is 0.422 e. The van der Waals surface area contributed by atoms with Crippen LogP contribution >= 0.6 is 0 Å². The Morgan fingerprint density at radius 3 is 1.97 bits per heavy atom. The maximum atomic E-state index is 15.2. The third-order valence-corrected chi connectivity index (χ3v) is 5.52. The minimum absolute atomic E-state index is 0.187. The largest absolute Gasteiger partial charge is 0.422 e. The van der Waals surface area contributed by atoms with Crippen LogP contribution in [-0.2, 0) is 12.6 Å². The lowest BCUT2D eigenvalue weighted by Crippen LogP contribution is -2.11. The average molecular weight is 456 g/mol. The van der Waals surface area contributed by atoms with Crippen LogP contribution in [0.3, 0.4) is 0 Å². The maximum absolute atomic E-state index is 15.2. The Kier molecular flexibility index (Phi) is 6.02. The van der Waals surface area contributed by atoms with E-state index in [1.54, 1.807) is 24.3 Å². The Labute approximate surface area is 186 Å². The highest BCUT2D eigenvalue weighted by Gasteiger charge is 2.38. The van der Waals surface area contributed by atoms with E-state index in [1.165, 1.54) is 11.6 Å². The molecule has 4 aromatic carbocycles. The van der Waals surface area contributed by atoms with Gasteiger partial charge in [-0.25, -0.2) is 13.2 Å². The fraction of sp³-hybridized carbons (Fsp3) is 0.111. The summed E-state index contributed by atoms with van der Waals surface area (Å²) < 4.78 is 81.6. The van der Waals surface area contributed by atoms with Crippen LogP contribution in [0.15, 0.2) is 79.4 Å². The lowest BCUT2D eigenvalue weighted by Gasteiger charge is -2.13. The second-order valence-corrected chi connectivity index (χ2v) is 7.70. The summed E-state index contributed by atoms with van der Waals surface area (Å²) in [5.41, 5.74) is 0.482. The molecule has 0 aromatic heterocycles. The second kappa shape index (κ2) is 8.77. The summed E-state index contributed by atoms with van der Waals surface area (Å²) in [6.07, 6.45) is -1.56. The molecule has 0 fully saturated rings. The van der Waals surface area contributed by atoms with Gasteiger partial charge in [-0.3, -0.25) is 0 Å². The second-order valence-electron chi connectivity index (χ2n) is 7.70. The Bertz CT molecular complexity index is 1310. The molecule has 4 aromatic rings. The number of halogens is 6. The first-order chi connectivity index (χ1) is 15.7. The first-order valence-corrected chi connectivity index (χ1v) is 10.2. The van der Waals surface area contributed by atoms with Gasteiger partial charge in [0.15, 0.2) is 0 Å². The zero-order valence-corrected chi connectivity index (χ0v) is 17.3. The molecular formula is C27H18F6. The Balaban J connectivity index is 1.71. The molecule has 0 saturated carbocycles. The van der Waals surface area contributed by atoms with Gasteiger partial charge < -0.3 is 0 Å².